The zero-order valence-electron chi connectivity index (χ0n) is 17.2. The van der Waals surface area contributed by atoms with E-state index in [1.54, 1.807) is 13.1 Å². The first-order valence-corrected chi connectivity index (χ1v) is 10.5. The lowest BCUT2D eigenvalue weighted by Crippen LogP contribution is -2.46. The molecule has 2 aromatic heterocycles. The van der Waals surface area contributed by atoms with Gasteiger partial charge in [-0.3, -0.25) is 9.78 Å². The molecule has 0 saturated heterocycles. The number of aromatic nitrogens is 2. The number of rotatable bonds is 4. The summed E-state index contributed by atoms with van der Waals surface area (Å²) in [6.45, 7) is 1.80. The fourth-order valence-electron chi connectivity index (χ4n) is 4.89. The van der Waals surface area contributed by atoms with Crippen LogP contribution in [0, 0.1) is 5.41 Å². The number of amides is 1. The number of para-hydroxylation sites is 1. The number of oxazole rings is 1. The maximum Gasteiger partial charge on any atom is 0.253 e. The van der Waals surface area contributed by atoms with E-state index in [4.69, 9.17) is 4.42 Å². The molecule has 2 heterocycles. The van der Waals surface area contributed by atoms with Crippen LogP contribution in [-0.2, 0) is 0 Å². The summed E-state index contributed by atoms with van der Waals surface area (Å²) in [7, 11) is 0. The highest BCUT2D eigenvalue weighted by Crippen LogP contribution is 2.59. The first-order valence-electron chi connectivity index (χ1n) is 10.5. The highest BCUT2D eigenvalue weighted by Gasteiger charge is 2.55. The van der Waals surface area contributed by atoms with Crippen LogP contribution in [0.2, 0.25) is 0 Å². The van der Waals surface area contributed by atoms with E-state index in [0.717, 1.165) is 34.9 Å². The van der Waals surface area contributed by atoms with E-state index in [1.807, 2.05) is 24.3 Å². The number of carbonyl (C=O) groups excluding carboxylic acids is 1. The number of hydrogen-bond acceptors (Lipinski definition) is 4. The van der Waals surface area contributed by atoms with E-state index in [2.05, 4.69) is 21.4 Å². The molecule has 2 aliphatic carbocycles. The van der Waals surface area contributed by atoms with Crippen molar-refractivity contribution in [3.05, 3.63) is 66.0 Å². The Hall–Kier alpha value is -3.09. The van der Waals surface area contributed by atoms with Crippen LogP contribution in [0.1, 0.15) is 66.9 Å². The van der Waals surface area contributed by atoms with Gasteiger partial charge < -0.3 is 9.73 Å². The average molecular weight is 423 g/mol. The summed E-state index contributed by atoms with van der Waals surface area (Å²) in [6.07, 6.45) is 8.92. The summed E-state index contributed by atoms with van der Waals surface area (Å²) in [6, 6.07) is 7.35. The minimum Gasteiger partial charge on any atom is -0.447 e. The molecule has 0 bridgehead atoms. The van der Waals surface area contributed by atoms with Crippen molar-refractivity contribution in [1.82, 2.24) is 15.3 Å². The van der Waals surface area contributed by atoms with Crippen LogP contribution in [0.3, 0.4) is 0 Å². The van der Waals surface area contributed by atoms with Crippen LogP contribution < -0.4 is 5.32 Å². The Kier molecular flexibility index (Phi) is 4.64. The molecule has 1 fully saturated rings. The fourth-order valence-corrected chi connectivity index (χ4v) is 4.89. The summed E-state index contributed by atoms with van der Waals surface area (Å²) in [5.74, 6) is -2.31. The van der Waals surface area contributed by atoms with Crippen LogP contribution >= 0.6 is 0 Å². The molecule has 160 valence electrons. The second-order valence-corrected chi connectivity index (χ2v) is 8.81. The number of fused-ring (bicyclic) bond motifs is 1. The minimum atomic E-state index is -2.49. The Morgan fingerprint density at radius 3 is 2.77 bits per heavy atom. The molecule has 1 amide bonds. The summed E-state index contributed by atoms with van der Waals surface area (Å²) in [4.78, 5) is 21.3. The number of allylic oxidation sites excluding steroid dienone is 2. The number of carbonyl (C=O) groups is 1. The van der Waals surface area contributed by atoms with Crippen molar-refractivity contribution in [3.63, 3.8) is 0 Å². The van der Waals surface area contributed by atoms with Gasteiger partial charge in [0.05, 0.1) is 17.3 Å². The number of pyridine rings is 1. The number of nitrogens with zero attached hydrogens (tertiary/aromatic N) is 2. The molecule has 31 heavy (non-hydrogen) atoms. The van der Waals surface area contributed by atoms with Crippen molar-refractivity contribution in [1.29, 1.82) is 0 Å². The first kappa shape index (κ1) is 19.8. The molecule has 2 aliphatic rings. The van der Waals surface area contributed by atoms with Crippen molar-refractivity contribution in [2.24, 2.45) is 5.41 Å². The Morgan fingerprint density at radius 2 is 2.10 bits per heavy atom. The van der Waals surface area contributed by atoms with E-state index in [-0.39, 0.29) is 30.2 Å². The molecular formula is C24H23F2N3O2. The Balaban J connectivity index is 1.36. The van der Waals surface area contributed by atoms with E-state index < -0.39 is 5.92 Å². The summed E-state index contributed by atoms with van der Waals surface area (Å²) >= 11 is 0. The third-order valence-electron chi connectivity index (χ3n) is 6.46. The molecule has 3 aromatic rings. The predicted molar refractivity (Wildman–Crippen MR) is 113 cm³/mol. The zero-order chi connectivity index (χ0) is 21.6. The third kappa shape index (κ3) is 3.73. The molecule has 1 atom stereocenters. The number of alkyl halides is 2. The maximum atomic E-state index is 13.4. The quantitative estimate of drug-likeness (QED) is 0.585. The van der Waals surface area contributed by atoms with Crippen molar-refractivity contribution in [3.8, 4) is 0 Å². The highest BCUT2D eigenvalue weighted by molar-refractivity contribution is 5.99. The Bertz CT molecular complexity index is 1160. The molecule has 0 radical (unpaired) electrons. The van der Waals surface area contributed by atoms with E-state index in [1.165, 1.54) is 12.5 Å². The van der Waals surface area contributed by atoms with Gasteiger partial charge in [0.25, 0.3) is 5.91 Å². The van der Waals surface area contributed by atoms with Crippen molar-refractivity contribution in [2.45, 2.75) is 51.0 Å². The largest absolute Gasteiger partial charge is 0.447 e. The van der Waals surface area contributed by atoms with Crippen LogP contribution in [0.25, 0.3) is 16.5 Å². The molecule has 0 unspecified atom stereocenters. The van der Waals surface area contributed by atoms with Gasteiger partial charge in [0.15, 0.2) is 0 Å². The summed E-state index contributed by atoms with van der Waals surface area (Å²) in [5.41, 5.74) is 3.21. The average Bonchev–Trinajstić information content (AvgIpc) is 3.27. The lowest BCUT2D eigenvalue weighted by Gasteiger charge is -2.49. The van der Waals surface area contributed by atoms with Gasteiger partial charge in [0.2, 0.25) is 11.8 Å². The Morgan fingerprint density at radius 1 is 1.26 bits per heavy atom. The van der Waals surface area contributed by atoms with Crippen molar-refractivity contribution in [2.75, 3.05) is 0 Å². The van der Waals surface area contributed by atoms with Crippen LogP contribution in [0.15, 0.2) is 53.4 Å². The molecule has 5 nitrogen and oxygen atoms in total. The normalized spacial score (nSPS) is 20.2. The molecule has 1 spiro atoms. The lowest BCUT2D eigenvalue weighted by molar-refractivity contribution is -0.163. The molecule has 7 heteroatoms. The van der Waals surface area contributed by atoms with Gasteiger partial charge in [0, 0.05) is 30.0 Å². The number of nitrogens with one attached hydrogen (secondary N) is 1. The smallest absolute Gasteiger partial charge is 0.253 e. The van der Waals surface area contributed by atoms with Gasteiger partial charge in [-0.1, -0.05) is 24.3 Å². The molecule has 1 aromatic carbocycles. The molecule has 1 saturated carbocycles. The first-order chi connectivity index (χ1) is 14.8. The summed E-state index contributed by atoms with van der Waals surface area (Å²) < 4.78 is 32.0. The SMILES string of the molecule is C[C@@H](NC(=O)c1cnc2c(C3=CCC4(CC3)CC(F)(F)C4)cccc2c1)c1ncco1. The fraction of sp³-hybridized carbons (Fsp3) is 0.375. The van der Waals surface area contributed by atoms with E-state index >= 15 is 0 Å². The molecule has 1 N–H and O–H groups in total. The number of halogens is 2. The van der Waals surface area contributed by atoms with E-state index in [9.17, 15) is 13.6 Å². The molecular weight excluding hydrogens is 400 g/mol. The van der Waals surface area contributed by atoms with Gasteiger partial charge in [-0.25, -0.2) is 13.8 Å². The van der Waals surface area contributed by atoms with Crippen LogP contribution in [0.4, 0.5) is 8.78 Å². The second-order valence-electron chi connectivity index (χ2n) is 8.81. The predicted octanol–water partition coefficient (Wildman–Crippen LogP) is 5.70. The van der Waals surface area contributed by atoms with Crippen LogP contribution in [0.5, 0.6) is 0 Å². The molecule has 5 rings (SSSR count). The van der Waals surface area contributed by atoms with Gasteiger partial charge in [-0.05, 0) is 43.2 Å². The minimum absolute atomic E-state index is 0.00197. The lowest BCUT2D eigenvalue weighted by atomic mass is 9.59. The highest BCUT2D eigenvalue weighted by atomic mass is 19.3. The Labute approximate surface area is 178 Å². The van der Waals surface area contributed by atoms with Crippen LogP contribution in [-0.4, -0.2) is 21.8 Å². The van der Waals surface area contributed by atoms with Gasteiger partial charge in [-0.2, -0.15) is 0 Å². The van der Waals surface area contributed by atoms with Gasteiger partial charge in [0.1, 0.15) is 12.3 Å². The van der Waals surface area contributed by atoms with Crippen molar-refractivity contribution >= 4 is 22.4 Å². The van der Waals surface area contributed by atoms with Gasteiger partial charge in [-0.15, -0.1) is 0 Å². The van der Waals surface area contributed by atoms with E-state index in [0.29, 0.717) is 17.9 Å². The topological polar surface area (TPSA) is 68.0 Å². The molecule has 0 aliphatic heterocycles. The standard InChI is InChI=1S/C24H23F2N3O2/c1-15(22-27-9-10-31-22)29-21(30)18-11-17-3-2-4-19(20(17)28-12-18)16-5-7-23(8-6-16)13-24(25,26)14-23/h2-5,9-12,15H,6-8,13-14H2,1H3,(H,29,30)/t15-/m1/s1. The number of hydrogen-bond donors (Lipinski definition) is 1. The maximum absolute atomic E-state index is 13.4. The summed E-state index contributed by atoms with van der Waals surface area (Å²) in [5, 5.41) is 3.73. The monoisotopic (exact) mass is 423 g/mol. The third-order valence-corrected chi connectivity index (χ3v) is 6.46. The zero-order valence-corrected chi connectivity index (χ0v) is 17.2. The second kappa shape index (κ2) is 7.25. The van der Waals surface area contributed by atoms with Gasteiger partial charge >= 0.3 is 0 Å². The van der Waals surface area contributed by atoms with Crippen molar-refractivity contribution < 1.29 is 18.0 Å². The number of benzene rings is 1.